The second kappa shape index (κ2) is 13.2. The first-order valence-electron chi connectivity index (χ1n) is 18.4. The number of aromatic nitrogens is 5. The monoisotopic (exact) mass is 735 g/mol. The molecule has 262 valence electrons. The molecule has 11 aromatic rings. The average Bonchev–Trinajstić information content (AvgIpc) is 3.86. The number of nitrogens with zero attached hydrogens (tertiary/aromatic N) is 5. The quantitative estimate of drug-likeness (QED) is 0.169. The number of furan rings is 1. The van der Waals surface area contributed by atoms with Crippen molar-refractivity contribution >= 4 is 53.6 Å². The first-order chi connectivity index (χ1) is 27.7. The maximum absolute atomic E-state index is 6.85. The number of hydrogen-bond donors (Lipinski definition) is 0. The van der Waals surface area contributed by atoms with Crippen molar-refractivity contribution < 1.29 is 4.42 Å². The van der Waals surface area contributed by atoms with Crippen molar-refractivity contribution in [3.8, 4) is 67.9 Å². The normalized spacial score (nSPS) is 11.6. The van der Waals surface area contributed by atoms with E-state index in [1.165, 1.54) is 0 Å². The molecule has 0 bridgehead atoms. The van der Waals surface area contributed by atoms with Crippen LogP contribution in [0.1, 0.15) is 0 Å². The first kappa shape index (κ1) is 32.1. The van der Waals surface area contributed by atoms with E-state index in [0.717, 1.165) is 86.9 Å². The van der Waals surface area contributed by atoms with Crippen molar-refractivity contribution in [1.29, 1.82) is 0 Å². The minimum atomic E-state index is 0.575. The van der Waals surface area contributed by atoms with Gasteiger partial charge in [-0.15, -0.1) is 11.3 Å². The van der Waals surface area contributed by atoms with E-state index in [0.29, 0.717) is 23.3 Å². The molecule has 7 aromatic carbocycles. The topological polar surface area (TPSA) is 77.6 Å². The Balaban J connectivity index is 1.14. The summed E-state index contributed by atoms with van der Waals surface area (Å²) in [7, 11) is 0. The number of hydrogen-bond acceptors (Lipinski definition) is 7. The molecular formula is C49H29N5OS. The van der Waals surface area contributed by atoms with Crippen LogP contribution >= 0.6 is 11.3 Å². The van der Waals surface area contributed by atoms with E-state index in [2.05, 4.69) is 97.1 Å². The Bertz CT molecular complexity index is 3190. The standard InChI is InChI=1S/C49H29N5OS/c1-4-15-30(16-5-1)33-21-12-22-34(29-33)48-50-42-35-23-10-11-28-40(35)56-45(42)43(51-48)38-26-13-24-36-41-37(25-14-27-39(41)55-44(36)38)49-53-46(31-17-6-2-7-18-31)52-47(54-49)32-19-8-3-9-20-32/h1-29H. The highest BCUT2D eigenvalue weighted by Crippen LogP contribution is 2.44. The molecule has 6 nitrogen and oxygen atoms in total. The summed E-state index contributed by atoms with van der Waals surface area (Å²) >= 11 is 1.71. The summed E-state index contributed by atoms with van der Waals surface area (Å²) in [6, 6.07) is 59.8. The largest absolute Gasteiger partial charge is 0.455 e. The van der Waals surface area contributed by atoms with E-state index in [4.69, 9.17) is 29.3 Å². The summed E-state index contributed by atoms with van der Waals surface area (Å²) in [4.78, 5) is 25.7. The second-order valence-corrected chi connectivity index (χ2v) is 14.7. The van der Waals surface area contributed by atoms with Gasteiger partial charge in [0.2, 0.25) is 0 Å². The third-order valence-corrected chi connectivity index (χ3v) is 11.3. The van der Waals surface area contributed by atoms with Crippen LogP contribution in [0.15, 0.2) is 180 Å². The molecule has 0 atom stereocenters. The molecule has 0 spiro atoms. The van der Waals surface area contributed by atoms with Gasteiger partial charge in [0.05, 0.1) is 15.9 Å². The molecule has 4 aromatic heterocycles. The Morgan fingerprint density at radius 3 is 1.70 bits per heavy atom. The molecule has 0 unspecified atom stereocenters. The van der Waals surface area contributed by atoms with Crippen LogP contribution in [-0.2, 0) is 0 Å². The maximum atomic E-state index is 6.85. The van der Waals surface area contributed by atoms with E-state index < -0.39 is 0 Å². The molecule has 0 radical (unpaired) electrons. The zero-order valence-electron chi connectivity index (χ0n) is 29.8. The second-order valence-electron chi connectivity index (χ2n) is 13.6. The molecule has 0 amide bonds. The van der Waals surface area contributed by atoms with Crippen LogP contribution < -0.4 is 0 Å². The van der Waals surface area contributed by atoms with Gasteiger partial charge in [-0.3, -0.25) is 0 Å². The molecular weight excluding hydrogens is 707 g/mol. The lowest BCUT2D eigenvalue weighted by atomic mass is 10.0. The Labute approximate surface area is 325 Å². The van der Waals surface area contributed by atoms with Gasteiger partial charge in [-0.05, 0) is 35.4 Å². The summed E-state index contributed by atoms with van der Waals surface area (Å²) < 4.78 is 9.02. The third-order valence-electron chi connectivity index (χ3n) is 10.2. The van der Waals surface area contributed by atoms with E-state index in [1.54, 1.807) is 11.3 Å². The highest BCUT2D eigenvalue weighted by atomic mass is 32.1. The Morgan fingerprint density at radius 2 is 0.946 bits per heavy atom. The predicted molar refractivity (Wildman–Crippen MR) is 228 cm³/mol. The molecule has 0 N–H and O–H groups in total. The molecule has 0 saturated carbocycles. The van der Waals surface area contributed by atoms with Crippen molar-refractivity contribution in [3.63, 3.8) is 0 Å². The Hall–Kier alpha value is -7.35. The van der Waals surface area contributed by atoms with Crippen molar-refractivity contribution in [2.45, 2.75) is 0 Å². The van der Waals surface area contributed by atoms with Crippen LogP contribution in [0, 0.1) is 0 Å². The van der Waals surface area contributed by atoms with Crippen LogP contribution in [0.4, 0.5) is 0 Å². The third kappa shape index (κ3) is 5.44. The summed E-state index contributed by atoms with van der Waals surface area (Å²) in [5.74, 6) is 2.45. The molecule has 0 saturated heterocycles. The van der Waals surface area contributed by atoms with Gasteiger partial charge in [0.15, 0.2) is 23.3 Å². The minimum Gasteiger partial charge on any atom is -0.455 e. The summed E-state index contributed by atoms with van der Waals surface area (Å²) in [5.41, 5.74) is 10.0. The SMILES string of the molecule is c1ccc(-c2cccc(-c3nc(-c4cccc5c4oc4cccc(-c6nc(-c7ccccc7)nc(-c7ccccc7)n6)c45)c4sc5ccccc5c4n3)c2)cc1. The fraction of sp³-hybridized carbons (Fsp3) is 0. The molecule has 7 heteroatoms. The van der Waals surface area contributed by atoms with E-state index in [9.17, 15) is 0 Å². The van der Waals surface area contributed by atoms with Crippen LogP contribution in [-0.4, -0.2) is 24.9 Å². The Morgan fingerprint density at radius 1 is 0.393 bits per heavy atom. The van der Waals surface area contributed by atoms with Gasteiger partial charge in [-0.2, -0.15) is 0 Å². The summed E-state index contributed by atoms with van der Waals surface area (Å²) in [6.07, 6.45) is 0. The van der Waals surface area contributed by atoms with Crippen LogP contribution in [0.3, 0.4) is 0 Å². The van der Waals surface area contributed by atoms with Gasteiger partial charge in [-0.1, -0.05) is 152 Å². The molecule has 0 aliphatic carbocycles. The number of fused-ring (bicyclic) bond motifs is 6. The zero-order valence-corrected chi connectivity index (χ0v) is 30.6. The van der Waals surface area contributed by atoms with Crippen molar-refractivity contribution in [3.05, 3.63) is 176 Å². The highest BCUT2D eigenvalue weighted by Gasteiger charge is 2.23. The highest BCUT2D eigenvalue weighted by molar-refractivity contribution is 7.26. The molecule has 56 heavy (non-hydrogen) atoms. The lowest BCUT2D eigenvalue weighted by Gasteiger charge is -2.10. The fourth-order valence-corrected chi connectivity index (χ4v) is 8.67. The van der Waals surface area contributed by atoms with E-state index in [1.807, 2.05) is 78.9 Å². The van der Waals surface area contributed by atoms with Crippen molar-refractivity contribution in [2.24, 2.45) is 0 Å². The number of thiophene rings is 1. The van der Waals surface area contributed by atoms with Gasteiger partial charge in [0, 0.05) is 48.7 Å². The molecule has 0 aliphatic rings. The van der Waals surface area contributed by atoms with Crippen molar-refractivity contribution in [1.82, 2.24) is 24.9 Å². The van der Waals surface area contributed by atoms with Gasteiger partial charge >= 0.3 is 0 Å². The molecule has 0 fully saturated rings. The van der Waals surface area contributed by atoms with Crippen molar-refractivity contribution in [2.75, 3.05) is 0 Å². The zero-order chi connectivity index (χ0) is 37.0. The van der Waals surface area contributed by atoms with Crippen LogP contribution in [0.5, 0.6) is 0 Å². The summed E-state index contributed by atoms with van der Waals surface area (Å²) in [6.45, 7) is 0. The minimum absolute atomic E-state index is 0.575. The predicted octanol–water partition coefficient (Wildman–Crippen LogP) is 12.9. The van der Waals surface area contributed by atoms with Crippen LogP contribution in [0.2, 0.25) is 0 Å². The molecule has 11 rings (SSSR count). The maximum Gasteiger partial charge on any atom is 0.164 e. The number of rotatable bonds is 6. The number of benzene rings is 7. The van der Waals surface area contributed by atoms with E-state index >= 15 is 0 Å². The fourth-order valence-electron chi connectivity index (χ4n) is 7.52. The lowest BCUT2D eigenvalue weighted by Crippen LogP contribution is -2.00. The van der Waals surface area contributed by atoms with Gasteiger partial charge in [0.25, 0.3) is 0 Å². The average molecular weight is 736 g/mol. The molecule has 0 aliphatic heterocycles. The van der Waals surface area contributed by atoms with Crippen LogP contribution in [0.25, 0.3) is 110 Å². The van der Waals surface area contributed by atoms with Gasteiger partial charge < -0.3 is 4.42 Å². The van der Waals surface area contributed by atoms with E-state index in [-0.39, 0.29) is 0 Å². The first-order valence-corrected chi connectivity index (χ1v) is 19.2. The Kier molecular flexibility index (Phi) is 7.57. The molecule has 4 heterocycles. The smallest absolute Gasteiger partial charge is 0.164 e. The number of para-hydroxylation sites is 1. The lowest BCUT2D eigenvalue weighted by molar-refractivity contribution is 0.670. The van der Waals surface area contributed by atoms with Gasteiger partial charge in [-0.25, -0.2) is 24.9 Å². The van der Waals surface area contributed by atoms with Gasteiger partial charge in [0.1, 0.15) is 11.2 Å². The summed E-state index contributed by atoms with van der Waals surface area (Å²) in [5, 5.41) is 3.00.